The van der Waals surface area contributed by atoms with E-state index >= 15 is 0 Å². The maximum atomic E-state index is 11.5. The fourth-order valence-corrected chi connectivity index (χ4v) is 4.12. The minimum absolute atomic E-state index is 0.198. The zero-order chi connectivity index (χ0) is 13.7. The summed E-state index contributed by atoms with van der Waals surface area (Å²) in [5.41, 5.74) is 2.60. The highest BCUT2D eigenvalue weighted by Gasteiger charge is 2.23. The molecule has 0 unspecified atom stereocenters. The Morgan fingerprint density at radius 3 is 2.90 bits per heavy atom. The van der Waals surface area contributed by atoms with Crippen LogP contribution >= 0.6 is 23.4 Å². The maximum absolute atomic E-state index is 11.5. The number of thioether (sulfide) groups is 1. The van der Waals surface area contributed by atoms with Crippen LogP contribution in [-0.2, 0) is 11.2 Å². The van der Waals surface area contributed by atoms with Crippen molar-refractivity contribution in [2.45, 2.75) is 17.7 Å². The second kappa shape index (κ2) is 4.51. The van der Waals surface area contributed by atoms with Crippen molar-refractivity contribution in [2.75, 3.05) is 0 Å². The smallest absolute Gasteiger partial charge is 0.160 e. The largest absolute Gasteiger partial charge is 0.294 e. The molecule has 1 nitrogen and oxygen atoms in total. The number of carbonyl (C=O) groups excluding carboxylic acids is 1. The first kappa shape index (κ1) is 12.2. The first-order valence-corrected chi connectivity index (χ1v) is 7.73. The van der Waals surface area contributed by atoms with E-state index in [1.807, 2.05) is 12.1 Å². The topological polar surface area (TPSA) is 17.1 Å². The van der Waals surface area contributed by atoms with Gasteiger partial charge in [-0.2, -0.15) is 0 Å². The Labute approximate surface area is 126 Å². The van der Waals surface area contributed by atoms with Crippen LogP contribution in [0.4, 0.5) is 0 Å². The monoisotopic (exact) mass is 298 g/mol. The molecule has 0 saturated carbocycles. The fourth-order valence-electron chi connectivity index (χ4n) is 2.80. The second-order valence-electron chi connectivity index (χ2n) is 5.09. The quantitative estimate of drug-likeness (QED) is 0.686. The van der Waals surface area contributed by atoms with Crippen molar-refractivity contribution >= 4 is 39.9 Å². The molecule has 20 heavy (non-hydrogen) atoms. The summed E-state index contributed by atoms with van der Waals surface area (Å²) >= 11 is 7.83. The van der Waals surface area contributed by atoms with Crippen LogP contribution in [0.5, 0.6) is 0 Å². The van der Waals surface area contributed by atoms with E-state index in [-0.39, 0.29) is 5.78 Å². The van der Waals surface area contributed by atoms with Crippen LogP contribution in [0.15, 0.2) is 57.9 Å². The molecule has 98 valence electrons. The molecular formula is C17H11ClOS. The summed E-state index contributed by atoms with van der Waals surface area (Å²) in [6.07, 6.45) is 5.27. The summed E-state index contributed by atoms with van der Waals surface area (Å²) in [4.78, 5) is 13.9. The van der Waals surface area contributed by atoms with Crippen LogP contribution in [0.25, 0.3) is 10.8 Å². The molecule has 0 N–H and O–H groups in total. The summed E-state index contributed by atoms with van der Waals surface area (Å²) in [6, 6.07) is 10.3. The molecule has 0 amide bonds. The van der Waals surface area contributed by atoms with E-state index in [1.54, 1.807) is 17.8 Å². The number of hydrogen-bond donors (Lipinski definition) is 0. The zero-order valence-corrected chi connectivity index (χ0v) is 12.2. The van der Waals surface area contributed by atoms with Crippen LogP contribution in [0.1, 0.15) is 12.0 Å². The first-order valence-electron chi connectivity index (χ1n) is 6.54. The van der Waals surface area contributed by atoms with Crippen LogP contribution in [0, 0.1) is 0 Å². The Balaban J connectivity index is 1.94. The lowest BCUT2D eigenvalue weighted by Gasteiger charge is -2.24. The molecule has 2 aromatic rings. The molecule has 0 saturated heterocycles. The van der Waals surface area contributed by atoms with Crippen molar-refractivity contribution in [1.29, 1.82) is 0 Å². The van der Waals surface area contributed by atoms with Gasteiger partial charge in [0, 0.05) is 21.2 Å². The summed E-state index contributed by atoms with van der Waals surface area (Å²) in [6.45, 7) is 0. The van der Waals surface area contributed by atoms with E-state index in [4.69, 9.17) is 11.6 Å². The first-order chi connectivity index (χ1) is 9.70. The Kier molecular flexibility index (Phi) is 2.76. The van der Waals surface area contributed by atoms with E-state index in [0.29, 0.717) is 6.42 Å². The van der Waals surface area contributed by atoms with Gasteiger partial charge in [0.15, 0.2) is 5.78 Å². The summed E-state index contributed by atoms with van der Waals surface area (Å²) in [7, 11) is 0. The fraction of sp³-hybridized carbons (Fsp3) is 0.118. The summed E-state index contributed by atoms with van der Waals surface area (Å²) in [5.74, 6) is 0.198. The third-order valence-electron chi connectivity index (χ3n) is 3.80. The molecule has 0 radical (unpaired) electrons. The number of allylic oxidation sites excluding steroid dienone is 3. The Bertz CT molecular complexity index is 817. The van der Waals surface area contributed by atoms with Crippen molar-refractivity contribution in [3.05, 3.63) is 63.5 Å². The highest BCUT2D eigenvalue weighted by atomic mass is 35.5. The highest BCUT2D eigenvalue weighted by Crippen LogP contribution is 2.45. The van der Waals surface area contributed by atoms with Gasteiger partial charge in [-0.05, 0) is 52.6 Å². The predicted molar refractivity (Wildman–Crippen MR) is 84.3 cm³/mol. The second-order valence-corrected chi connectivity index (χ2v) is 6.62. The summed E-state index contributed by atoms with van der Waals surface area (Å²) in [5, 5.41) is 3.21. The predicted octanol–water partition coefficient (Wildman–Crippen LogP) is 4.92. The number of hydrogen-bond acceptors (Lipinski definition) is 2. The molecule has 1 aliphatic heterocycles. The van der Waals surface area contributed by atoms with Crippen molar-refractivity contribution in [1.82, 2.24) is 0 Å². The van der Waals surface area contributed by atoms with Crippen LogP contribution in [-0.4, -0.2) is 5.78 Å². The third kappa shape index (κ3) is 1.91. The minimum Gasteiger partial charge on any atom is -0.294 e. The average Bonchev–Trinajstić information content (AvgIpc) is 2.45. The standard InChI is InChI=1S/C17H11ClOS/c18-12-4-1-10-3-6-16-15(14(10)8-12)7-11-2-5-13(19)9-17(11)20-16/h1-4,6,8-9H,5,7H2. The molecule has 0 bridgehead atoms. The van der Waals surface area contributed by atoms with Gasteiger partial charge in [0.25, 0.3) is 0 Å². The third-order valence-corrected chi connectivity index (χ3v) is 5.23. The normalized spacial score (nSPS) is 17.4. The van der Waals surface area contributed by atoms with Gasteiger partial charge in [0.2, 0.25) is 0 Å². The van der Waals surface area contributed by atoms with E-state index < -0.39 is 0 Å². The van der Waals surface area contributed by atoms with E-state index in [1.165, 1.54) is 26.8 Å². The van der Waals surface area contributed by atoms with Crippen molar-refractivity contribution in [3.63, 3.8) is 0 Å². The van der Waals surface area contributed by atoms with Gasteiger partial charge in [0.05, 0.1) is 0 Å². The summed E-state index contributed by atoms with van der Waals surface area (Å²) < 4.78 is 0. The van der Waals surface area contributed by atoms with Crippen molar-refractivity contribution < 1.29 is 4.79 Å². The molecule has 2 aliphatic rings. The highest BCUT2D eigenvalue weighted by molar-refractivity contribution is 8.03. The van der Waals surface area contributed by atoms with Gasteiger partial charge in [-0.25, -0.2) is 0 Å². The van der Waals surface area contributed by atoms with Gasteiger partial charge in [-0.1, -0.05) is 41.6 Å². The number of ketones is 1. The Morgan fingerprint density at radius 1 is 1.15 bits per heavy atom. The van der Waals surface area contributed by atoms with Crippen LogP contribution < -0.4 is 0 Å². The molecule has 1 aliphatic carbocycles. The van der Waals surface area contributed by atoms with Gasteiger partial charge < -0.3 is 0 Å². The maximum Gasteiger partial charge on any atom is 0.160 e. The van der Waals surface area contributed by atoms with Gasteiger partial charge in [-0.3, -0.25) is 4.79 Å². The van der Waals surface area contributed by atoms with Crippen LogP contribution in [0.3, 0.4) is 0 Å². The molecule has 3 heteroatoms. The average molecular weight is 299 g/mol. The molecule has 1 heterocycles. The molecule has 4 rings (SSSR count). The number of halogens is 1. The van der Waals surface area contributed by atoms with Gasteiger partial charge >= 0.3 is 0 Å². The molecule has 2 aromatic carbocycles. The number of benzene rings is 2. The molecular weight excluding hydrogens is 288 g/mol. The van der Waals surface area contributed by atoms with Crippen LogP contribution in [0.2, 0.25) is 5.02 Å². The molecule has 0 fully saturated rings. The minimum atomic E-state index is 0.198. The lowest BCUT2D eigenvalue weighted by molar-refractivity contribution is -0.113. The molecule has 0 aromatic heterocycles. The van der Waals surface area contributed by atoms with E-state index in [9.17, 15) is 4.79 Å². The molecule has 0 atom stereocenters. The number of fused-ring (bicyclic) bond motifs is 4. The number of rotatable bonds is 0. The van der Waals surface area contributed by atoms with Crippen molar-refractivity contribution in [2.24, 2.45) is 0 Å². The van der Waals surface area contributed by atoms with Gasteiger partial charge in [-0.15, -0.1) is 0 Å². The Morgan fingerprint density at radius 2 is 2.00 bits per heavy atom. The molecule has 0 spiro atoms. The SMILES string of the molecule is O=C1C=C2Sc3ccc4ccc(Cl)cc4c3CC2=CC1. The zero-order valence-electron chi connectivity index (χ0n) is 10.7. The van der Waals surface area contributed by atoms with E-state index in [0.717, 1.165) is 16.3 Å². The van der Waals surface area contributed by atoms with Gasteiger partial charge in [0.1, 0.15) is 0 Å². The number of carbonyl (C=O) groups is 1. The van der Waals surface area contributed by atoms with E-state index in [2.05, 4.69) is 24.3 Å². The Hall–Kier alpha value is -1.51. The lowest BCUT2D eigenvalue weighted by Crippen LogP contribution is -2.08. The lowest BCUT2D eigenvalue weighted by atomic mass is 9.94. The van der Waals surface area contributed by atoms with Crippen molar-refractivity contribution in [3.8, 4) is 0 Å².